The Labute approximate surface area is 119 Å². The molecule has 0 saturated carbocycles. The highest BCUT2D eigenvalue weighted by atomic mass is 35.5. The number of aldehydes is 1. The average Bonchev–Trinajstić information content (AvgIpc) is 2.30. The van der Waals surface area contributed by atoms with Crippen molar-refractivity contribution in [2.24, 2.45) is 0 Å². The van der Waals surface area contributed by atoms with Gasteiger partial charge in [-0.2, -0.15) is 0 Å². The zero-order chi connectivity index (χ0) is 14.6. The second-order valence-corrected chi connectivity index (χ2v) is 6.07. The fourth-order valence-corrected chi connectivity index (χ4v) is 2.77. The van der Waals surface area contributed by atoms with Crippen molar-refractivity contribution >= 4 is 45.5 Å². The summed E-state index contributed by atoms with van der Waals surface area (Å²) in [6.07, 6.45) is -0.437. The molecule has 19 heavy (non-hydrogen) atoms. The van der Waals surface area contributed by atoms with Gasteiger partial charge in [0.1, 0.15) is 6.29 Å². The number of carboxylic acid groups (broad SMARTS) is 1. The number of carbonyl (C=O) groups is 2. The minimum atomic E-state index is -4.04. The molecule has 0 bridgehead atoms. The lowest BCUT2D eigenvalue weighted by Crippen LogP contribution is -2.37. The van der Waals surface area contributed by atoms with Crippen LogP contribution in [0.4, 0.5) is 0 Å². The third kappa shape index (κ3) is 4.46. The van der Waals surface area contributed by atoms with E-state index in [0.717, 1.165) is 6.07 Å². The van der Waals surface area contributed by atoms with E-state index in [2.05, 4.69) is 0 Å². The molecule has 2 N–H and O–H groups in total. The van der Waals surface area contributed by atoms with Crippen molar-refractivity contribution in [3.63, 3.8) is 0 Å². The molecular weight excluding hydrogens is 317 g/mol. The van der Waals surface area contributed by atoms with Crippen molar-refractivity contribution in [3.8, 4) is 0 Å². The molecule has 6 nitrogen and oxygen atoms in total. The fraction of sp³-hybridized carbons (Fsp3) is 0.200. The number of carboxylic acids is 1. The van der Waals surface area contributed by atoms with E-state index >= 15 is 0 Å². The molecule has 0 radical (unpaired) electrons. The van der Waals surface area contributed by atoms with Crippen LogP contribution >= 0.6 is 23.2 Å². The van der Waals surface area contributed by atoms with E-state index in [9.17, 15) is 18.0 Å². The third-order valence-electron chi connectivity index (χ3n) is 2.07. The summed E-state index contributed by atoms with van der Waals surface area (Å²) in [5.41, 5.74) is 0. The monoisotopic (exact) mass is 325 g/mol. The van der Waals surface area contributed by atoms with Crippen LogP contribution in [0.3, 0.4) is 0 Å². The Hall–Kier alpha value is -1.15. The van der Waals surface area contributed by atoms with Gasteiger partial charge in [0, 0.05) is 0 Å². The summed E-state index contributed by atoms with van der Waals surface area (Å²) in [6.45, 7) is 0. The molecule has 9 heteroatoms. The summed E-state index contributed by atoms with van der Waals surface area (Å²) in [4.78, 5) is 20.9. The molecule has 0 fully saturated rings. The van der Waals surface area contributed by atoms with E-state index in [4.69, 9.17) is 28.3 Å². The highest BCUT2D eigenvalue weighted by Gasteiger charge is 2.22. The van der Waals surface area contributed by atoms with E-state index in [-0.39, 0.29) is 21.2 Å². The van der Waals surface area contributed by atoms with E-state index in [0.29, 0.717) is 0 Å². The minimum absolute atomic E-state index is 0.0328. The summed E-state index contributed by atoms with van der Waals surface area (Å²) >= 11 is 11.3. The Morgan fingerprint density at radius 2 is 2.00 bits per heavy atom. The summed E-state index contributed by atoms with van der Waals surface area (Å²) in [6, 6.07) is 2.23. The normalized spacial score (nSPS) is 12.9. The van der Waals surface area contributed by atoms with E-state index in [1.165, 1.54) is 12.1 Å². The molecule has 1 atom stereocenters. The maximum atomic E-state index is 11.9. The predicted octanol–water partition coefficient (Wildman–Crippen LogP) is 1.31. The Morgan fingerprint density at radius 3 is 2.47 bits per heavy atom. The highest BCUT2D eigenvalue weighted by molar-refractivity contribution is 7.89. The topological polar surface area (TPSA) is 101 Å². The Morgan fingerprint density at radius 1 is 1.37 bits per heavy atom. The molecule has 0 heterocycles. The molecule has 0 unspecified atom stereocenters. The molecule has 0 amide bonds. The third-order valence-corrected chi connectivity index (χ3v) is 4.29. The van der Waals surface area contributed by atoms with E-state index < -0.39 is 28.5 Å². The molecule has 0 spiro atoms. The standard InChI is InChI=1S/C10H9Cl2NO5S/c11-8-2-1-7(4-9(8)12)19(17,18)13-6(5-14)3-10(15)16/h1-2,4-6,13H,3H2,(H,15,16)/t6-/m0/s1. The van der Waals surface area contributed by atoms with Gasteiger partial charge in [-0.3, -0.25) is 4.79 Å². The summed E-state index contributed by atoms with van der Waals surface area (Å²) in [7, 11) is -4.04. The second-order valence-electron chi connectivity index (χ2n) is 3.54. The zero-order valence-electron chi connectivity index (χ0n) is 9.34. The van der Waals surface area contributed by atoms with Gasteiger partial charge in [-0.05, 0) is 18.2 Å². The van der Waals surface area contributed by atoms with Gasteiger partial charge in [0.05, 0.1) is 27.4 Å². The molecule has 104 valence electrons. The predicted molar refractivity (Wildman–Crippen MR) is 68.9 cm³/mol. The largest absolute Gasteiger partial charge is 0.481 e. The van der Waals surface area contributed by atoms with Crippen molar-refractivity contribution in [2.75, 3.05) is 0 Å². The second kappa shape index (κ2) is 6.33. The van der Waals surface area contributed by atoms with E-state index in [1.54, 1.807) is 0 Å². The lowest BCUT2D eigenvalue weighted by molar-refractivity contribution is -0.138. The van der Waals surface area contributed by atoms with Crippen LogP contribution in [0.25, 0.3) is 0 Å². The van der Waals surface area contributed by atoms with Crippen LogP contribution in [-0.2, 0) is 19.6 Å². The van der Waals surface area contributed by atoms with Crippen LogP contribution in [-0.4, -0.2) is 31.8 Å². The lowest BCUT2D eigenvalue weighted by Gasteiger charge is -2.11. The minimum Gasteiger partial charge on any atom is -0.481 e. The van der Waals surface area contributed by atoms with Crippen molar-refractivity contribution in [3.05, 3.63) is 28.2 Å². The molecule has 0 aliphatic heterocycles. The summed E-state index contributed by atoms with van der Waals surface area (Å²) in [5.74, 6) is -1.30. The van der Waals surface area contributed by atoms with Gasteiger partial charge in [-0.25, -0.2) is 13.1 Å². The van der Waals surface area contributed by atoms with Gasteiger partial charge < -0.3 is 9.90 Å². The Kier molecular flexibility index (Phi) is 5.30. The van der Waals surface area contributed by atoms with Crippen LogP contribution in [0.2, 0.25) is 10.0 Å². The summed E-state index contributed by atoms with van der Waals surface area (Å²) < 4.78 is 25.7. The first-order valence-corrected chi connectivity index (χ1v) is 7.14. The molecule has 1 rings (SSSR count). The van der Waals surface area contributed by atoms with Gasteiger partial charge in [0.15, 0.2) is 0 Å². The SMILES string of the molecule is O=C[C@H](CC(=O)O)NS(=O)(=O)c1ccc(Cl)c(Cl)c1. The van der Waals surface area contributed by atoms with Crippen LogP contribution < -0.4 is 4.72 Å². The highest BCUT2D eigenvalue weighted by Crippen LogP contribution is 2.24. The first-order chi connectivity index (χ1) is 8.76. The smallest absolute Gasteiger partial charge is 0.305 e. The molecule has 1 aromatic rings. The zero-order valence-corrected chi connectivity index (χ0v) is 11.7. The van der Waals surface area contributed by atoms with Crippen molar-refractivity contribution < 1.29 is 23.1 Å². The molecule has 0 aliphatic carbocycles. The fourth-order valence-electron chi connectivity index (χ4n) is 1.22. The number of benzene rings is 1. The Balaban J connectivity index is 3.00. The quantitative estimate of drug-likeness (QED) is 0.768. The van der Waals surface area contributed by atoms with Gasteiger partial charge in [-0.1, -0.05) is 23.2 Å². The number of nitrogens with one attached hydrogen (secondary N) is 1. The Bertz CT molecular complexity index is 602. The van der Waals surface area contributed by atoms with Crippen molar-refractivity contribution in [1.82, 2.24) is 4.72 Å². The number of aliphatic carboxylic acids is 1. The van der Waals surface area contributed by atoms with Crippen LogP contribution in [0.5, 0.6) is 0 Å². The van der Waals surface area contributed by atoms with Crippen LogP contribution in [0.15, 0.2) is 23.1 Å². The number of hydrogen-bond acceptors (Lipinski definition) is 4. The number of rotatable bonds is 6. The molecule has 0 saturated heterocycles. The van der Waals surface area contributed by atoms with Crippen LogP contribution in [0, 0.1) is 0 Å². The molecule has 0 aliphatic rings. The van der Waals surface area contributed by atoms with Gasteiger partial charge in [-0.15, -0.1) is 0 Å². The lowest BCUT2D eigenvalue weighted by atomic mass is 10.2. The molecule has 1 aromatic carbocycles. The average molecular weight is 326 g/mol. The first-order valence-electron chi connectivity index (χ1n) is 4.90. The first kappa shape index (κ1) is 15.9. The maximum Gasteiger partial charge on any atom is 0.305 e. The van der Waals surface area contributed by atoms with Crippen LogP contribution in [0.1, 0.15) is 6.42 Å². The summed E-state index contributed by atoms with van der Waals surface area (Å²) in [5, 5.41) is 8.74. The van der Waals surface area contributed by atoms with Crippen molar-refractivity contribution in [2.45, 2.75) is 17.4 Å². The number of carbonyl (C=O) groups excluding carboxylic acids is 1. The number of halogens is 2. The molecule has 0 aromatic heterocycles. The van der Waals surface area contributed by atoms with Gasteiger partial charge in [0.2, 0.25) is 10.0 Å². The number of sulfonamides is 1. The van der Waals surface area contributed by atoms with Gasteiger partial charge in [0.25, 0.3) is 0 Å². The van der Waals surface area contributed by atoms with E-state index in [1.807, 2.05) is 4.72 Å². The van der Waals surface area contributed by atoms with Gasteiger partial charge >= 0.3 is 5.97 Å². The maximum absolute atomic E-state index is 11.9. The number of hydrogen-bond donors (Lipinski definition) is 2. The van der Waals surface area contributed by atoms with Crippen molar-refractivity contribution in [1.29, 1.82) is 0 Å². The molecular formula is C10H9Cl2NO5S.